The lowest BCUT2D eigenvalue weighted by atomic mass is 10.0. The van der Waals surface area contributed by atoms with E-state index in [0.717, 1.165) is 11.6 Å². The lowest BCUT2D eigenvalue weighted by molar-refractivity contribution is -0.661. The first-order valence-electron chi connectivity index (χ1n) is 6.98. The zero-order valence-corrected chi connectivity index (χ0v) is 13.1. The van der Waals surface area contributed by atoms with E-state index in [0.29, 0.717) is 0 Å². The highest BCUT2D eigenvalue weighted by molar-refractivity contribution is 6.42. The predicted octanol–water partition coefficient (Wildman–Crippen LogP) is 0.345. The average molecular weight is 316 g/mol. The molecule has 0 spiro atoms. The van der Waals surface area contributed by atoms with Gasteiger partial charge >= 0.3 is 17.7 Å². The van der Waals surface area contributed by atoms with Gasteiger partial charge in [-0.3, -0.25) is 4.79 Å². The van der Waals surface area contributed by atoms with E-state index in [1.165, 1.54) is 6.92 Å². The van der Waals surface area contributed by atoms with E-state index >= 15 is 0 Å². The molecule has 1 aromatic carbocycles. The van der Waals surface area contributed by atoms with Crippen LogP contribution in [0.2, 0.25) is 0 Å². The molecule has 2 rings (SSSR count). The summed E-state index contributed by atoms with van der Waals surface area (Å²) < 4.78 is 1.55. The molecule has 0 aromatic heterocycles. The number of carbonyl (C=O) groups is 3. The third-order valence-corrected chi connectivity index (χ3v) is 3.70. The largest absolute Gasteiger partial charge is 0.478 e. The summed E-state index contributed by atoms with van der Waals surface area (Å²) in [6, 6.07) is 8.69. The Morgan fingerprint density at radius 1 is 1.30 bits per heavy atom. The number of Topliss-reactive ketones (excluding diaryl/α,β-unsaturated/α-hetero) is 1. The normalized spacial score (nSPS) is 18.4. The lowest BCUT2D eigenvalue weighted by Gasteiger charge is -2.18. The maximum Gasteiger partial charge on any atom is 0.347 e. The number of hydrogen-bond acceptors (Lipinski definition) is 4. The highest BCUT2D eigenvalue weighted by atomic mass is 16.4. The molecule has 0 aliphatic carbocycles. The number of carboxylic acid groups (broad SMARTS) is 1. The minimum Gasteiger partial charge on any atom is -0.478 e. The first-order valence-corrected chi connectivity index (χ1v) is 6.98. The van der Waals surface area contributed by atoms with E-state index < -0.39 is 17.9 Å². The number of hydrazine groups is 1. The van der Waals surface area contributed by atoms with Crippen molar-refractivity contribution in [1.82, 2.24) is 10.3 Å². The number of nitrogens with one attached hydrogen (secondary N) is 1. The van der Waals surface area contributed by atoms with Gasteiger partial charge in [-0.25, -0.2) is 19.9 Å². The number of ketones is 1. The molecule has 0 saturated heterocycles. The monoisotopic (exact) mass is 316 g/mol. The summed E-state index contributed by atoms with van der Waals surface area (Å²) in [6.45, 7) is 1.38. The molecule has 1 unspecified atom stereocenters. The second-order valence-electron chi connectivity index (χ2n) is 5.24. The fourth-order valence-electron chi connectivity index (χ4n) is 2.39. The van der Waals surface area contributed by atoms with Crippen molar-refractivity contribution in [3.05, 3.63) is 47.5 Å². The summed E-state index contributed by atoms with van der Waals surface area (Å²) in [5.74, 6) is -1.97. The molecule has 7 heteroatoms. The Kier molecular flexibility index (Phi) is 4.59. The molecule has 7 nitrogen and oxygen atoms in total. The number of nitrogens with zero attached hydrogens (tertiary/aromatic N) is 2. The quantitative estimate of drug-likeness (QED) is 0.620. The summed E-state index contributed by atoms with van der Waals surface area (Å²) in [5.41, 5.74) is 0.825. The second-order valence-corrected chi connectivity index (χ2v) is 5.24. The van der Waals surface area contributed by atoms with Crippen molar-refractivity contribution in [1.29, 1.82) is 0 Å². The fraction of sp³-hybridized carbons (Fsp3) is 0.250. The van der Waals surface area contributed by atoms with Crippen LogP contribution in [-0.4, -0.2) is 52.4 Å². The van der Waals surface area contributed by atoms with Crippen LogP contribution in [0.5, 0.6) is 0 Å². The molecule has 0 saturated carbocycles. The Morgan fingerprint density at radius 2 is 1.91 bits per heavy atom. The number of aliphatic carboxylic acids is 1. The molecule has 23 heavy (non-hydrogen) atoms. The molecule has 120 valence electrons. The van der Waals surface area contributed by atoms with Crippen LogP contribution >= 0.6 is 0 Å². The van der Waals surface area contributed by atoms with Gasteiger partial charge in [0.15, 0.2) is 6.04 Å². The number of carboxylic acids is 1. The van der Waals surface area contributed by atoms with Gasteiger partial charge in [0.2, 0.25) is 0 Å². The first kappa shape index (κ1) is 16.4. The van der Waals surface area contributed by atoms with Gasteiger partial charge in [0.1, 0.15) is 7.05 Å². The van der Waals surface area contributed by atoms with Gasteiger partial charge in [-0.1, -0.05) is 30.3 Å². The Morgan fingerprint density at radius 3 is 2.48 bits per heavy atom. The maximum atomic E-state index is 12.6. The summed E-state index contributed by atoms with van der Waals surface area (Å²) >= 11 is 0. The second kappa shape index (κ2) is 6.43. The van der Waals surface area contributed by atoms with Gasteiger partial charge in [0, 0.05) is 18.7 Å². The molecular weight excluding hydrogens is 298 g/mol. The average Bonchev–Trinajstić information content (AvgIpc) is 2.71. The van der Waals surface area contributed by atoms with Gasteiger partial charge in [-0.15, -0.1) is 0 Å². The minimum absolute atomic E-state index is 0.0111. The SMILES string of the molecule is C/C(=C/C(=O)O)C(=O)NC1=[N+](C)N(C)C(c2ccccc2)C1=O. The molecule has 1 amide bonds. The van der Waals surface area contributed by atoms with Crippen LogP contribution in [-0.2, 0) is 14.4 Å². The summed E-state index contributed by atoms with van der Waals surface area (Å²) in [7, 11) is 3.40. The predicted molar refractivity (Wildman–Crippen MR) is 82.7 cm³/mol. The highest BCUT2D eigenvalue weighted by Crippen LogP contribution is 2.24. The number of benzene rings is 1. The van der Waals surface area contributed by atoms with Crippen molar-refractivity contribution >= 4 is 23.5 Å². The summed E-state index contributed by atoms with van der Waals surface area (Å²) in [4.78, 5) is 35.3. The first-order chi connectivity index (χ1) is 10.8. The molecule has 0 bridgehead atoms. The third-order valence-electron chi connectivity index (χ3n) is 3.70. The van der Waals surface area contributed by atoms with Crippen LogP contribution < -0.4 is 5.32 Å². The number of rotatable bonds is 3. The van der Waals surface area contributed by atoms with E-state index in [2.05, 4.69) is 5.32 Å². The van der Waals surface area contributed by atoms with E-state index in [4.69, 9.17) is 5.11 Å². The fourth-order valence-corrected chi connectivity index (χ4v) is 2.39. The zero-order chi connectivity index (χ0) is 17.1. The summed E-state index contributed by atoms with van der Waals surface area (Å²) in [5, 5.41) is 12.9. The van der Waals surface area contributed by atoms with Gasteiger partial charge in [-0.2, -0.15) is 4.68 Å². The molecule has 0 fully saturated rings. The van der Waals surface area contributed by atoms with Crippen LogP contribution in [0.4, 0.5) is 0 Å². The number of amides is 1. The van der Waals surface area contributed by atoms with Crippen molar-refractivity contribution in [2.75, 3.05) is 14.1 Å². The Hall–Kier alpha value is -2.96. The topological polar surface area (TPSA) is 89.7 Å². The molecule has 1 aliphatic heterocycles. The van der Waals surface area contributed by atoms with Crippen molar-refractivity contribution in [3.8, 4) is 0 Å². The zero-order valence-electron chi connectivity index (χ0n) is 13.1. The molecule has 1 aromatic rings. The molecule has 1 aliphatic rings. The molecule has 1 heterocycles. The number of hydrogen-bond donors (Lipinski definition) is 2. The Balaban J connectivity index is 2.25. The van der Waals surface area contributed by atoms with Crippen LogP contribution in [0, 0.1) is 0 Å². The number of hydrazone groups is 1. The molecule has 2 N–H and O–H groups in total. The highest BCUT2D eigenvalue weighted by Gasteiger charge is 2.44. The number of amidine groups is 1. The molecule has 1 atom stereocenters. The van der Waals surface area contributed by atoms with Gasteiger partial charge in [-0.05, 0) is 12.5 Å². The van der Waals surface area contributed by atoms with E-state index in [1.54, 1.807) is 23.8 Å². The van der Waals surface area contributed by atoms with Gasteiger partial charge in [0.25, 0.3) is 5.78 Å². The Labute approximate surface area is 133 Å². The smallest absolute Gasteiger partial charge is 0.347 e. The van der Waals surface area contributed by atoms with Crippen LogP contribution in [0.3, 0.4) is 0 Å². The van der Waals surface area contributed by atoms with Crippen LogP contribution in [0.25, 0.3) is 0 Å². The number of likely N-dealkylation sites (N-methyl/N-ethyl adjacent to an activating group) is 1. The van der Waals surface area contributed by atoms with Crippen molar-refractivity contribution < 1.29 is 24.2 Å². The minimum atomic E-state index is -1.21. The van der Waals surface area contributed by atoms with Crippen molar-refractivity contribution in [2.24, 2.45) is 0 Å². The Bertz CT molecular complexity index is 722. The molecular formula is C16H18N3O4+. The van der Waals surface area contributed by atoms with Gasteiger partial charge in [0.05, 0.1) is 0 Å². The van der Waals surface area contributed by atoms with Crippen LogP contribution in [0.15, 0.2) is 42.0 Å². The standard InChI is InChI=1S/C16H17N3O4/c1-10(9-12(20)21)16(23)17-15-14(22)13(18(2)19(15)3)11-7-5-4-6-8-11/h4-9,13H,1-3H3,(H,20,21)/p+1/b10-9-. The summed E-state index contributed by atoms with van der Waals surface area (Å²) in [6.07, 6.45) is 0.799. The van der Waals surface area contributed by atoms with Crippen molar-refractivity contribution in [2.45, 2.75) is 13.0 Å². The van der Waals surface area contributed by atoms with E-state index in [9.17, 15) is 14.4 Å². The van der Waals surface area contributed by atoms with Crippen LogP contribution in [0.1, 0.15) is 18.5 Å². The maximum absolute atomic E-state index is 12.6. The molecule has 0 radical (unpaired) electrons. The van der Waals surface area contributed by atoms with Gasteiger partial charge < -0.3 is 5.11 Å². The third kappa shape index (κ3) is 3.28. The van der Waals surface area contributed by atoms with Crippen molar-refractivity contribution in [3.63, 3.8) is 0 Å². The van der Waals surface area contributed by atoms with E-state index in [-0.39, 0.29) is 17.2 Å². The number of carbonyl (C=O) groups excluding carboxylic acids is 2. The lowest BCUT2D eigenvalue weighted by Crippen LogP contribution is -2.39. The van der Waals surface area contributed by atoms with E-state index in [1.807, 2.05) is 30.3 Å².